The molecule has 5 atom stereocenters. The lowest BCUT2D eigenvalue weighted by Crippen LogP contribution is -2.45. The van der Waals surface area contributed by atoms with Crippen molar-refractivity contribution in [1.82, 2.24) is 15.0 Å². The average molecular weight is 570 g/mol. The van der Waals surface area contributed by atoms with Crippen LogP contribution < -0.4 is 4.90 Å². The quantitative estimate of drug-likeness (QED) is 0.464. The van der Waals surface area contributed by atoms with Crippen LogP contribution in [0, 0.1) is 18.8 Å². The van der Waals surface area contributed by atoms with Gasteiger partial charge in [-0.1, -0.05) is 48.5 Å². The van der Waals surface area contributed by atoms with Crippen LogP contribution in [-0.2, 0) is 21.7 Å². The van der Waals surface area contributed by atoms with Gasteiger partial charge in [-0.15, -0.1) is 5.10 Å². The van der Waals surface area contributed by atoms with Gasteiger partial charge in [0.2, 0.25) is 0 Å². The third-order valence-electron chi connectivity index (χ3n) is 7.89. The number of likely N-dealkylation sites (N-methyl/N-ethyl adjacent to an activating group) is 1. The molecular weight excluding hydrogens is 536 g/mol. The molecule has 3 heterocycles. The number of ether oxygens (including phenoxy) is 1. The lowest BCUT2D eigenvalue weighted by atomic mass is 9.70. The molecule has 37 heavy (non-hydrogen) atoms. The van der Waals surface area contributed by atoms with E-state index in [-0.39, 0.29) is 17.7 Å². The van der Waals surface area contributed by atoms with Crippen LogP contribution in [0.15, 0.2) is 53.1 Å². The molecule has 9 heteroatoms. The van der Waals surface area contributed by atoms with Gasteiger partial charge in [0.15, 0.2) is 5.60 Å². The van der Waals surface area contributed by atoms with E-state index in [4.69, 9.17) is 4.74 Å². The van der Waals surface area contributed by atoms with Gasteiger partial charge < -0.3 is 19.8 Å². The highest BCUT2D eigenvalue weighted by Crippen LogP contribution is 2.58. The molecule has 2 aliphatic rings. The number of aryl methyl sites for hydroxylation is 2. The number of carbonyl (C=O) groups excluding carboxylic acids is 1. The molecule has 0 aliphatic carbocycles. The average Bonchev–Trinajstić information content (AvgIpc) is 3.49. The first-order chi connectivity index (χ1) is 17.4. The van der Waals surface area contributed by atoms with Gasteiger partial charge in [-0.2, -0.15) is 0 Å². The Morgan fingerprint density at radius 3 is 2.62 bits per heavy atom. The van der Waals surface area contributed by atoms with Crippen LogP contribution in [0.3, 0.4) is 0 Å². The number of benzene rings is 2. The molecule has 5 rings (SSSR count). The highest BCUT2D eigenvalue weighted by atomic mass is 79.9. The molecule has 0 unspecified atom stereocenters. The predicted octanol–water partition coefficient (Wildman–Crippen LogP) is 4.11. The fourth-order valence-corrected chi connectivity index (χ4v) is 7.13. The minimum absolute atomic E-state index is 0.118. The maximum absolute atomic E-state index is 13.8. The molecule has 2 N–H and O–H groups in total. The van der Waals surface area contributed by atoms with E-state index < -0.39 is 23.4 Å². The van der Waals surface area contributed by atoms with E-state index in [1.54, 1.807) is 36.7 Å². The largest absolute Gasteiger partial charge is 0.390 e. The molecule has 2 aromatic carbocycles. The predicted molar refractivity (Wildman–Crippen MR) is 143 cm³/mol. The van der Waals surface area contributed by atoms with Gasteiger partial charge in [0.1, 0.15) is 11.8 Å². The molecule has 8 nitrogen and oxygen atoms in total. The smallest absolute Gasteiger partial charge is 0.264 e. The second-order valence-corrected chi connectivity index (χ2v) is 11.7. The van der Waals surface area contributed by atoms with Gasteiger partial charge in [-0.05, 0) is 60.3 Å². The van der Waals surface area contributed by atoms with Gasteiger partial charge >= 0.3 is 0 Å². The Hall–Kier alpha value is -2.59. The summed E-state index contributed by atoms with van der Waals surface area (Å²) >= 11 is 3.64. The summed E-state index contributed by atoms with van der Waals surface area (Å²) in [6.45, 7) is 8.03. The number of amides is 1. The summed E-state index contributed by atoms with van der Waals surface area (Å²) < 4.78 is 9.27. The zero-order valence-corrected chi connectivity index (χ0v) is 23.3. The van der Waals surface area contributed by atoms with Crippen molar-refractivity contribution >= 4 is 27.5 Å². The Kier molecular flexibility index (Phi) is 6.55. The summed E-state index contributed by atoms with van der Waals surface area (Å²) in [5, 5.41) is 30.3. The van der Waals surface area contributed by atoms with Gasteiger partial charge in [-0.3, -0.25) is 9.48 Å². The molecule has 1 saturated heterocycles. The molecule has 2 aliphatic heterocycles. The number of halogens is 1. The molecule has 0 bridgehead atoms. The van der Waals surface area contributed by atoms with Crippen LogP contribution in [0.25, 0.3) is 0 Å². The van der Waals surface area contributed by atoms with Crippen LogP contribution in [0.4, 0.5) is 5.69 Å². The van der Waals surface area contributed by atoms with E-state index in [1.165, 1.54) is 0 Å². The summed E-state index contributed by atoms with van der Waals surface area (Å²) in [6.07, 6.45) is 0.985. The lowest BCUT2D eigenvalue weighted by molar-refractivity contribution is -0.145. The summed E-state index contributed by atoms with van der Waals surface area (Å²) in [6, 6.07) is 13.3. The number of aromatic nitrogens is 3. The van der Waals surface area contributed by atoms with Gasteiger partial charge in [0.05, 0.1) is 23.6 Å². The molecule has 0 radical (unpaired) electrons. The van der Waals surface area contributed by atoms with Crippen LogP contribution in [0.2, 0.25) is 0 Å². The standard InChI is InChI=1S/C28H33BrN4O4/c1-16-13-19-24(20(29)14-16)32(5)26(35)28(19)17(2)23(27(3,4)36)22(37-28)11-12-33-15-21(30-31-33)25(34)18-9-7-6-8-10-18/h6-10,13-15,17,22-23,25,34,36H,11-12H2,1-5H3/t17-,22+,23-,25+,28+/m0/s1. The van der Waals surface area contributed by atoms with Crippen molar-refractivity contribution in [3.05, 3.63) is 75.5 Å². The molecule has 0 saturated carbocycles. The highest BCUT2D eigenvalue weighted by Gasteiger charge is 2.65. The number of hydrogen-bond donors (Lipinski definition) is 2. The number of fused-ring (bicyclic) bond motifs is 2. The van der Waals surface area contributed by atoms with E-state index in [9.17, 15) is 15.0 Å². The Morgan fingerprint density at radius 1 is 1.24 bits per heavy atom. The van der Waals surface area contributed by atoms with E-state index in [0.29, 0.717) is 18.7 Å². The maximum atomic E-state index is 13.8. The zero-order chi connectivity index (χ0) is 26.7. The van der Waals surface area contributed by atoms with E-state index in [2.05, 4.69) is 26.2 Å². The van der Waals surface area contributed by atoms with Crippen molar-refractivity contribution in [1.29, 1.82) is 0 Å². The number of hydrogen-bond acceptors (Lipinski definition) is 6. The SMILES string of the molecule is Cc1cc(Br)c2c(c1)[C@@]1(O[C@H](CCn3cc([C@H](O)c4ccccc4)nn3)[C@@H](C(C)(C)O)[C@@H]1C)C(=O)N2C. The molecular formula is C28H33BrN4O4. The minimum Gasteiger partial charge on any atom is -0.390 e. The summed E-state index contributed by atoms with van der Waals surface area (Å²) in [7, 11) is 1.77. The Morgan fingerprint density at radius 2 is 1.95 bits per heavy atom. The second-order valence-electron chi connectivity index (χ2n) is 10.9. The molecule has 1 amide bonds. The number of nitrogens with zero attached hydrogens (tertiary/aromatic N) is 4. The first kappa shape index (κ1) is 26.0. The number of aliphatic hydroxyl groups is 2. The number of rotatable bonds is 6. The third kappa shape index (κ3) is 4.22. The van der Waals surface area contributed by atoms with Gasteiger partial charge in [0, 0.05) is 35.5 Å². The fraction of sp³-hybridized carbons (Fsp3) is 0.464. The minimum atomic E-state index is -1.18. The van der Waals surface area contributed by atoms with Crippen LogP contribution in [-0.4, -0.2) is 49.9 Å². The van der Waals surface area contributed by atoms with Gasteiger partial charge in [0.25, 0.3) is 5.91 Å². The summed E-state index contributed by atoms with van der Waals surface area (Å²) in [5.74, 6) is -0.686. The molecule has 196 valence electrons. The van der Waals surface area contributed by atoms with E-state index in [0.717, 1.165) is 26.9 Å². The highest BCUT2D eigenvalue weighted by molar-refractivity contribution is 9.10. The first-order valence-corrected chi connectivity index (χ1v) is 13.4. The molecule has 3 aromatic rings. The van der Waals surface area contributed by atoms with E-state index >= 15 is 0 Å². The van der Waals surface area contributed by atoms with Crippen LogP contribution in [0.1, 0.15) is 55.7 Å². The van der Waals surface area contributed by atoms with E-state index in [1.807, 2.05) is 56.3 Å². The molecule has 1 fully saturated rings. The van der Waals surface area contributed by atoms with Crippen molar-refractivity contribution < 1.29 is 19.7 Å². The monoisotopic (exact) mass is 568 g/mol. The van der Waals surface area contributed by atoms with Crippen molar-refractivity contribution in [3.8, 4) is 0 Å². The first-order valence-electron chi connectivity index (χ1n) is 12.6. The Balaban J connectivity index is 1.43. The van der Waals surface area contributed by atoms with Crippen molar-refractivity contribution in [2.75, 3.05) is 11.9 Å². The zero-order valence-electron chi connectivity index (χ0n) is 21.7. The Labute approximate surface area is 225 Å². The van der Waals surface area contributed by atoms with Crippen molar-refractivity contribution in [2.24, 2.45) is 11.8 Å². The van der Waals surface area contributed by atoms with Crippen molar-refractivity contribution in [3.63, 3.8) is 0 Å². The fourth-order valence-electron chi connectivity index (χ4n) is 6.29. The summed E-state index contributed by atoms with van der Waals surface area (Å²) in [4.78, 5) is 15.5. The molecule has 1 spiro atoms. The Bertz CT molecular complexity index is 1320. The number of anilines is 1. The normalized spacial score (nSPS) is 26.2. The van der Waals surface area contributed by atoms with Gasteiger partial charge in [-0.25, -0.2) is 0 Å². The van der Waals surface area contributed by atoms with Crippen molar-refractivity contribution in [2.45, 2.75) is 64.1 Å². The second kappa shape index (κ2) is 9.31. The molecule has 1 aromatic heterocycles. The van der Waals surface area contributed by atoms with Crippen LogP contribution in [0.5, 0.6) is 0 Å². The van der Waals surface area contributed by atoms with Crippen LogP contribution >= 0.6 is 15.9 Å². The topological polar surface area (TPSA) is 101 Å². The third-order valence-corrected chi connectivity index (χ3v) is 8.50. The number of aliphatic hydroxyl groups excluding tert-OH is 1. The lowest BCUT2D eigenvalue weighted by Gasteiger charge is -2.34. The summed E-state index contributed by atoms with van der Waals surface area (Å²) in [5.41, 5.74) is 1.63. The maximum Gasteiger partial charge on any atom is 0.264 e. The number of carbonyl (C=O) groups is 1.